The van der Waals surface area contributed by atoms with E-state index in [2.05, 4.69) is 26.1 Å². The van der Waals surface area contributed by atoms with Gasteiger partial charge >= 0.3 is 0 Å². The average molecular weight is 159 g/mol. The number of hydrogen-bond acceptors (Lipinski definition) is 1. The van der Waals surface area contributed by atoms with Crippen molar-refractivity contribution in [2.24, 2.45) is 11.8 Å². The Morgan fingerprint density at radius 3 is 1.82 bits per heavy atom. The van der Waals surface area contributed by atoms with Gasteiger partial charge in [0.1, 0.15) is 0 Å². The molecule has 0 aromatic heterocycles. The second kappa shape index (κ2) is 9.96. The third kappa shape index (κ3) is 9.96. The van der Waals surface area contributed by atoms with Crippen LogP contribution >= 0.6 is 0 Å². The molecule has 70 valence electrons. The highest BCUT2D eigenvalue weighted by Crippen LogP contribution is 2.12. The summed E-state index contributed by atoms with van der Waals surface area (Å²) in [5, 5.41) is 3.15. The lowest BCUT2D eigenvalue weighted by Gasteiger charge is -2.14. The number of nitrogens with one attached hydrogen (secondary N) is 1. The summed E-state index contributed by atoms with van der Waals surface area (Å²) in [7, 11) is 2.01. The molecule has 0 amide bonds. The molecule has 0 unspecified atom stereocenters. The van der Waals surface area contributed by atoms with Crippen molar-refractivity contribution in [2.45, 2.75) is 41.0 Å². The third-order valence-electron chi connectivity index (χ3n) is 1.99. The number of rotatable bonds is 4. The summed E-state index contributed by atoms with van der Waals surface area (Å²) in [6.45, 7) is 12.0. The van der Waals surface area contributed by atoms with Crippen molar-refractivity contribution in [3.8, 4) is 0 Å². The van der Waals surface area contributed by atoms with Crippen molar-refractivity contribution in [1.29, 1.82) is 0 Å². The minimum atomic E-state index is 0.832. The van der Waals surface area contributed by atoms with Crippen molar-refractivity contribution >= 4 is 0 Å². The summed E-state index contributed by atoms with van der Waals surface area (Å²) >= 11 is 0. The highest BCUT2D eigenvalue weighted by atomic mass is 14.8. The summed E-state index contributed by atoms with van der Waals surface area (Å²) in [6, 6.07) is 0. The Hall–Kier alpha value is -0.0400. The summed E-state index contributed by atoms with van der Waals surface area (Å²) in [5.74, 6) is 1.69. The van der Waals surface area contributed by atoms with Gasteiger partial charge in [-0.15, -0.1) is 0 Å². The molecule has 0 rings (SSSR count). The molecule has 0 heterocycles. The predicted octanol–water partition coefficient (Wildman–Crippen LogP) is 2.91. The molecule has 0 saturated heterocycles. The van der Waals surface area contributed by atoms with Crippen LogP contribution in [0.2, 0.25) is 0 Å². The van der Waals surface area contributed by atoms with Gasteiger partial charge in [-0.2, -0.15) is 0 Å². The van der Waals surface area contributed by atoms with E-state index in [1.807, 2.05) is 20.9 Å². The molecule has 0 spiro atoms. The molecule has 0 fully saturated rings. The Morgan fingerprint density at radius 2 is 1.55 bits per heavy atom. The first kappa shape index (κ1) is 13.5. The molecule has 0 radical (unpaired) electrons. The molecular formula is C10H25N. The van der Waals surface area contributed by atoms with Gasteiger partial charge in [-0.1, -0.05) is 34.6 Å². The maximum absolute atomic E-state index is 3.15. The molecule has 0 aliphatic heterocycles. The predicted molar refractivity (Wildman–Crippen MR) is 53.9 cm³/mol. The minimum Gasteiger partial charge on any atom is -0.320 e. The van der Waals surface area contributed by atoms with Crippen LogP contribution in [0.3, 0.4) is 0 Å². The van der Waals surface area contributed by atoms with Crippen molar-refractivity contribution in [3.05, 3.63) is 0 Å². The van der Waals surface area contributed by atoms with Crippen LogP contribution in [0, 0.1) is 11.8 Å². The van der Waals surface area contributed by atoms with E-state index in [1.54, 1.807) is 0 Å². The summed E-state index contributed by atoms with van der Waals surface area (Å²) < 4.78 is 0. The Bertz CT molecular complexity index is 59.9. The minimum absolute atomic E-state index is 0.832. The Kier molecular flexibility index (Phi) is 12.3. The van der Waals surface area contributed by atoms with Gasteiger partial charge < -0.3 is 5.32 Å². The lowest BCUT2D eigenvalue weighted by Crippen LogP contribution is -2.14. The van der Waals surface area contributed by atoms with Gasteiger partial charge in [0.2, 0.25) is 0 Å². The highest BCUT2D eigenvalue weighted by Gasteiger charge is 2.04. The van der Waals surface area contributed by atoms with Crippen molar-refractivity contribution in [1.82, 2.24) is 5.32 Å². The topological polar surface area (TPSA) is 12.0 Å². The second-order valence-corrected chi connectivity index (χ2v) is 3.11. The summed E-state index contributed by atoms with van der Waals surface area (Å²) in [4.78, 5) is 0. The largest absolute Gasteiger partial charge is 0.320 e. The van der Waals surface area contributed by atoms with E-state index < -0.39 is 0 Å². The molecule has 0 aromatic carbocycles. The molecule has 11 heavy (non-hydrogen) atoms. The smallest absolute Gasteiger partial charge is 0.00493 e. The number of hydrogen-bond donors (Lipinski definition) is 1. The molecular weight excluding hydrogens is 134 g/mol. The molecule has 0 aromatic rings. The molecule has 1 atom stereocenters. The standard InChI is InChI=1S/C8H19N.C2H6/c1-7(2)8(3)5-6-9-4;1-2/h7-9H,5-6H2,1-4H3;1-2H3/t8-;/m1./s1. The zero-order valence-electron chi connectivity index (χ0n) is 9.07. The highest BCUT2D eigenvalue weighted by molar-refractivity contribution is 4.57. The lowest BCUT2D eigenvalue weighted by molar-refractivity contribution is 0.388. The molecule has 0 aliphatic carbocycles. The fourth-order valence-corrected chi connectivity index (χ4v) is 0.705. The maximum Gasteiger partial charge on any atom is -0.00493 e. The van der Waals surface area contributed by atoms with E-state index in [9.17, 15) is 0 Å². The van der Waals surface area contributed by atoms with Crippen LogP contribution < -0.4 is 5.32 Å². The van der Waals surface area contributed by atoms with E-state index in [1.165, 1.54) is 6.42 Å². The van der Waals surface area contributed by atoms with E-state index in [0.29, 0.717) is 0 Å². The van der Waals surface area contributed by atoms with Crippen LogP contribution in [-0.2, 0) is 0 Å². The van der Waals surface area contributed by atoms with E-state index in [4.69, 9.17) is 0 Å². The zero-order valence-corrected chi connectivity index (χ0v) is 9.07. The SMILES string of the molecule is CC.CNCC[C@@H](C)C(C)C. The van der Waals surface area contributed by atoms with Crippen LogP contribution in [0.1, 0.15) is 41.0 Å². The Labute approximate surface area is 72.6 Å². The fourth-order valence-electron chi connectivity index (χ4n) is 0.705. The van der Waals surface area contributed by atoms with Crippen molar-refractivity contribution < 1.29 is 0 Å². The third-order valence-corrected chi connectivity index (χ3v) is 1.99. The monoisotopic (exact) mass is 159 g/mol. The van der Waals surface area contributed by atoms with Gasteiger partial charge in [-0.05, 0) is 31.8 Å². The first-order valence-corrected chi connectivity index (χ1v) is 4.83. The fraction of sp³-hybridized carbons (Fsp3) is 1.00. The molecule has 1 nitrogen and oxygen atoms in total. The average Bonchev–Trinajstić information content (AvgIpc) is 2.03. The molecule has 1 heteroatoms. The second-order valence-electron chi connectivity index (χ2n) is 3.11. The Balaban J connectivity index is 0. The van der Waals surface area contributed by atoms with Crippen LogP contribution in [0.15, 0.2) is 0 Å². The lowest BCUT2D eigenvalue weighted by atomic mass is 9.95. The van der Waals surface area contributed by atoms with Gasteiger partial charge in [-0.25, -0.2) is 0 Å². The summed E-state index contributed by atoms with van der Waals surface area (Å²) in [5.41, 5.74) is 0. The van der Waals surface area contributed by atoms with Crippen LogP contribution in [-0.4, -0.2) is 13.6 Å². The van der Waals surface area contributed by atoms with Crippen LogP contribution in [0.4, 0.5) is 0 Å². The quantitative estimate of drug-likeness (QED) is 0.665. The molecule has 1 N–H and O–H groups in total. The first-order valence-electron chi connectivity index (χ1n) is 4.83. The normalized spacial score (nSPS) is 12.3. The zero-order chi connectivity index (χ0) is 9.28. The Morgan fingerprint density at radius 1 is 1.09 bits per heavy atom. The van der Waals surface area contributed by atoms with Gasteiger partial charge in [-0.3, -0.25) is 0 Å². The van der Waals surface area contributed by atoms with E-state index in [0.717, 1.165) is 18.4 Å². The van der Waals surface area contributed by atoms with E-state index in [-0.39, 0.29) is 0 Å². The van der Waals surface area contributed by atoms with Gasteiger partial charge in [0.25, 0.3) is 0 Å². The van der Waals surface area contributed by atoms with E-state index >= 15 is 0 Å². The van der Waals surface area contributed by atoms with Gasteiger partial charge in [0, 0.05) is 0 Å². The van der Waals surface area contributed by atoms with Gasteiger partial charge in [0.15, 0.2) is 0 Å². The van der Waals surface area contributed by atoms with Crippen LogP contribution in [0.25, 0.3) is 0 Å². The van der Waals surface area contributed by atoms with Crippen molar-refractivity contribution in [2.75, 3.05) is 13.6 Å². The summed E-state index contributed by atoms with van der Waals surface area (Å²) in [6.07, 6.45) is 1.30. The molecule has 0 saturated carbocycles. The van der Waals surface area contributed by atoms with Crippen molar-refractivity contribution in [3.63, 3.8) is 0 Å². The first-order chi connectivity index (χ1) is 5.18. The maximum atomic E-state index is 3.15. The van der Waals surface area contributed by atoms with Gasteiger partial charge in [0.05, 0.1) is 0 Å². The molecule has 0 bridgehead atoms. The molecule has 0 aliphatic rings. The van der Waals surface area contributed by atoms with Crippen LogP contribution in [0.5, 0.6) is 0 Å².